The van der Waals surface area contributed by atoms with Crippen molar-refractivity contribution in [2.24, 2.45) is 0 Å². The first-order chi connectivity index (χ1) is 9.11. The summed E-state index contributed by atoms with van der Waals surface area (Å²) in [6.45, 7) is 0.130. The average molecular weight is 260 g/mol. The van der Waals surface area contributed by atoms with E-state index in [1.54, 1.807) is 6.07 Å². The zero-order chi connectivity index (χ0) is 13.8. The molecule has 96 valence electrons. The van der Waals surface area contributed by atoms with Crippen molar-refractivity contribution < 1.29 is 18.7 Å². The third-order valence-electron chi connectivity index (χ3n) is 2.52. The summed E-state index contributed by atoms with van der Waals surface area (Å²) in [5.41, 5.74) is 0.490. The summed E-state index contributed by atoms with van der Waals surface area (Å²) in [4.78, 5) is 10.9. The van der Waals surface area contributed by atoms with Gasteiger partial charge >= 0.3 is 5.97 Å². The summed E-state index contributed by atoms with van der Waals surface area (Å²) >= 11 is 0. The van der Waals surface area contributed by atoms with Crippen molar-refractivity contribution in [2.75, 3.05) is 5.32 Å². The number of nitriles is 1. The van der Waals surface area contributed by atoms with Crippen molar-refractivity contribution in [1.29, 1.82) is 5.26 Å². The molecule has 0 aliphatic carbocycles. The quantitative estimate of drug-likeness (QED) is 0.882. The molecule has 1 heterocycles. The Morgan fingerprint density at radius 1 is 1.47 bits per heavy atom. The van der Waals surface area contributed by atoms with Crippen LogP contribution in [0.4, 0.5) is 10.1 Å². The van der Waals surface area contributed by atoms with Crippen LogP contribution in [0.2, 0.25) is 0 Å². The van der Waals surface area contributed by atoms with Crippen molar-refractivity contribution >= 4 is 11.7 Å². The van der Waals surface area contributed by atoms with Gasteiger partial charge in [-0.05, 0) is 24.3 Å². The van der Waals surface area contributed by atoms with E-state index in [9.17, 15) is 9.18 Å². The second-order valence-corrected chi connectivity index (χ2v) is 3.72. The molecule has 6 heteroatoms. The van der Waals surface area contributed by atoms with Crippen molar-refractivity contribution in [3.05, 3.63) is 53.2 Å². The van der Waals surface area contributed by atoms with Crippen LogP contribution in [0.15, 0.2) is 34.9 Å². The van der Waals surface area contributed by atoms with Crippen LogP contribution in [0, 0.1) is 17.1 Å². The standard InChI is InChI=1S/C13H9FN2O3/c14-11-2-1-9(5-8(11)6-15)16-7-12-10(13(17)18)3-4-19-12/h1-5,16H,7H2,(H,17,18). The molecule has 2 N–H and O–H groups in total. The van der Waals surface area contributed by atoms with Crippen LogP contribution >= 0.6 is 0 Å². The molecule has 0 bridgehead atoms. The Kier molecular flexibility index (Phi) is 3.48. The number of carbonyl (C=O) groups is 1. The highest BCUT2D eigenvalue weighted by Crippen LogP contribution is 2.17. The molecule has 0 radical (unpaired) electrons. The third kappa shape index (κ3) is 2.72. The number of nitrogens with zero attached hydrogens (tertiary/aromatic N) is 1. The first-order valence-corrected chi connectivity index (χ1v) is 5.35. The molecule has 0 saturated carbocycles. The molecule has 1 aromatic heterocycles. The average Bonchev–Trinajstić information content (AvgIpc) is 2.86. The zero-order valence-electron chi connectivity index (χ0n) is 9.68. The number of anilines is 1. The molecule has 0 aliphatic heterocycles. The van der Waals surface area contributed by atoms with E-state index in [4.69, 9.17) is 14.8 Å². The van der Waals surface area contributed by atoms with Gasteiger partial charge in [0.2, 0.25) is 0 Å². The van der Waals surface area contributed by atoms with Gasteiger partial charge in [0, 0.05) is 5.69 Å². The minimum Gasteiger partial charge on any atom is -0.478 e. The Hall–Kier alpha value is -2.81. The van der Waals surface area contributed by atoms with Crippen LogP contribution in [-0.4, -0.2) is 11.1 Å². The SMILES string of the molecule is N#Cc1cc(NCc2occc2C(=O)O)ccc1F. The van der Waals surface area contributed by atoms with Gasteiger partial charge in [0.1, 0.15) is 23.2 Å². The highest BCUT2D eigenvalue weighted by molar-refractivity contribution is 5.88. The maximum absolute atomic E-state index is 13.1. The number of carboxylic acids is 1. The summed E-state index contributed by atoms with van der Waals surface area (Å²) in [7, 11) is 0. The van der Waals surface area contributed by atoms with Crippen molar-refractivity contribution in [2.45, 2.75) is 6.54 Å². The molecular weight excluding hydrogens is 251 g/mol. The number of halogens is 1. The molecule has 0 fully saturated rings. The van der Waals surface area contributed by atoms with Gasteiger partial charge in [-0.2, -0.15) is 5.26 Å². The summed E-state index contributed by atoms with van der Waals surface area (Å²) in [6, 6.07) is 7.05. The number of rotatable bonds is 4. The fourth-order valence-electron chi connectivity index (χ4n) is 1.57. The fourth-order valence-corrected chi connectivity index (χ4v) is 1.57. The van der Waals surface area contributed by atoms with Crippen LogP contribution < -0.4 is 5.32 Å². The molecule has 5 nitrogen and oxygen atoms in total. The lowest BCUT2D eigenvalue weighted by Crippen LogP contribution is -2.05. The number of benzene rings is 1. The number of carboxylic acid groups (broad SMARTS) is 1. The van der Waals surface area contributed by atoms with E-state index in [2.05, 4.69) is 5.32 Å². The number of hydrogen-bond acceptors (Lipinski definition) is 4. The molecule has 0 amide bonds. The molecule has 2 rings (SSSR count). The second-order valence-electron chi connectivity index (χ2n) is 3.72. The molecule has 19 heavy (non-hydrogen) atoms. The Balaban J connectivity index is 2.13. The van der Waals surface area contributed by atoms with Gasteiger partial charge in [-0.1, -0.05) is 0 Å². The monoisotopic (exact) mass is 260 g/mol. The maximum atomic E-state index is 13.1. The fraction of sp³-hybridized carbons (Fsp3) is 0.0769. The Morgan fingerprint density at radius 2 is 2.26 bits per heavy atom. The normalized spacial score (nSPS) is 9.89. The van der Waals surface area contributed by atoms with Crippen LogP contribution in [0.3, 0.4) is 0 Å². The van der Waals surface area contributed by atoms with Crippen LogP contribution in [-0.2, 0) is 6.54 Å². The van der Waals surface area contributed by atoms with Gasteiger partial charge in [-0.15, -0.1) is 0 Å². The van der Waals surface area contributed by atoms with Crippen LogP contribution in [0.1, 0.15) is 21.7 Å². The lowest BCUT2D eigenvalue weighted by atomic mass is 10.2. The Bertz CT molecular complexity index is 658. The van der Waals surface area contributed by atoms with E-state index in [-0.39, 0.29) is 23.4 Å². The molecule has 0 atom stereocenters. The molecule has 0 spiro atoms. The van der Waals surface area contributed by atoms with Gasteiger partial charge in [-0.3, -0.25) is 0 Å². The van der Waals surface area contributed by atoms with Crippen LogP contribution in [0.5, 0.6) is 0 Å². The molecular formula is C13H9FN2O3. The second kappa shape index (κ2) is 5.23. The number of furan rings is 1. The molecule has 0 aliphatic rings. The Morgan fingerprint density at radius 3 is 2.95 bits per heavy atom. The summed E-state index contributed by atoms with van der Waals surface area (Å²) in [6.07, 6.45) is 1.28. The van der Waals surface area contributed by atoms with Gasteiger partial charge in [0.25, 0.3) is 0 Å². The predicted molar refractivity (Wildman–Crippen MR) is 64.1 cm³/mol. The number of aromatic carboxylic acids is 1. The smallest absolute Gasteiger partial charge is 0.339 e. The first-order valence-electron chi connectivity index (χ1n) is 5.35. The molecule has 0 saturated heterocycles. The summed E-state index contributed by atoms with van der Waals surface area (Å²) in [5.74, 6) is -1.42. The molecule has 1 aromatic carbocycles. The van der Waals surface area contributed by atoms with Crippen LogP contribution in [0.25, 0.3) is 0 Å². The molecule has 2 aromatic rings. The lowest BCUT2D eigenvalue weighted by Gasteiger charge is -2.06. The zero-order valence-corrected chi connectivity index (χ0v) is 9.68. The number of nitrogens with one attached hydrogen (secondary N) is 1. The topological polar surface area (TPSA) is 86.3 Å². The van der Waals surface area contributed by atoms with E-state index in [0.717, 1.165) is 0 Å². The van der Waals surface area contributed by atoms with Crippen molar-refractivity contribution in [1.82, 2.24) is 0 Å². The van der Waals surface area contributed by atoms with E-state index in [1.165, 1.54) is 30.5 Å². The van der Waals surface area contributed by atoms with Gasteiger partial charge in [-0.25, -0.2) is 9.18 Å². The number of hydrogen-bond donors (Lipinski definition) is 2. The van der Waals surface area contributed by atoms with Gasteiger partial charge < -0.3 is 14.8 Å². The minimum atomic E-state index is -1.08. The summed E-state index contributed by atoms with van der Waals surface area (Å²) < 4.78 is 18.2. The van der Waals surface area contributed by atoms with E-state index >= 15 is 0 Å². The third-order valence-corrected chi connectivity index (χ3v) is 2.52. The Labute approximate surface area is 107 Å². The minimum absolute atomic E-state index is 0.0649. The highest BCUT2D eigenvalue weighted by atomic mass is 19.1. The van der Waals surface area contributed by atoms with Crippen molar-refractivity contribution in [3.8, 4) is 6.07 Å². The highest BCUT2D eigenvalue weighted by Gasteiger charge is 2.13. The van der Waals surface area contributed by atoms with Gasteiger partial charge in [0.15, 0.2) is 0 Å². The molecule has 0 unspecified atom stereocenters. The first kappa shape index (κ1) is 12.6. The maximum Gasteiger partial charge on any atom is 0.339 e. The van der Waals surface area contributed by atoms with Gasteiger partial charge in [0.05, 0.1) is 18.4 Å². The predicted octanol–water partition coefficient (Wildman–Crippen LogP) is 2.60. The van der Waals surface area contributed by atoms with Crippen molar-refractivity contribution in [3.63, 3.8) is 0 Å². The summed E-state index contributed by atoms with van der Waals surface area (Å²) in [5, 5.41) is 20.5. The largest absolute Gasteiger partial charge is 0.478 e. The van der Waals surface area contributed by atoms with E-state index < -0.39 is 11.8 Å². The van der Waals surface area contributed by atoms with E-state index in [1.807, 2.05) is 0 Å². The van der Waals surface area contributed by atoms with E-state index in [0.29, 0.717) is 5.69 Å². The lowest BCUT2D eigenvalue weighted by molar-refractivity contribution is 0.0694.